The van der Waals surface area contributed by atoms with Crippen molar-refractivity contribution in [3.63, 3.8) is 0 Å². The quantitative estimate of drug-likeness (QED) is 0.569. The first kappa shape index (κ1) is 20.8. The Labute approximate surface area is 163 Å². The smallest absolute Gasteiger partial charge is 0.262 e. The van der Waals surface area contributed by atoms with Gasteiger partial charge in [0.05, 0.1) is 16.2 Å². The number of carbonyl (C=O) groups excluding carboxylic acids is 1. The predicted molar refractivity (Wildman–Crippen MR) is 109 cm³/mol. The molecule has 1 unspecified atom stereocenters. The second-order valence-corrected chi connectivity index (χ2v) is 9.01. The highest BCUT2D eigenvalue weighted by Crippen LogP contribution is 2.24. The molecule has 0 saturated heterocycles. The maximum Gasteiger partial charge on any atom is 0.262 e. The minimum absolute atomic E-state index is 0.0507. The van der Waals surface area contributed by atoms with E-state index in [1.54, 1.807) is 22.8 Å². The van der Waals surface area contributed by atoms with Gasteiger partial charge >= 0.3 is 0 Å². The van der Waals surface area contributed by atoms with Crippen molar-refractivity contribution in [2.45, 2.75) is 51.6 Å². The van der Waals surface area contributed by atoms with Crippen molar-refractivity contribution in [1.82, 2.24) is 14.9 Å². The van der Waals surface area contributed by atoms with E-state index in [2.05, 4.69) is 24.1 Å². The van der Waals surface area contributed by atoms with Crippen LogP contribution in [0.4, 0.5) is 0 Å². The number of aromatic nitrogens is 2. The monoisotopic (exact) mass is 395 g/mol. The maximum absolute atomic E-state index is 13.0. The van der Waals surface area contributed by atoms with Crippen molar-refractivity contribution >= 4 is 40.2 Å². The van der Waals surface area contributed by atoms with Crippen LogP contribution in [0, 0.1) is 11.8 Å². The van der Waals surface area contributed by atoms with Gasteiger partial charge in [-0.1, -0.05) is 51.1 Å². The van der Waals surface area contributed by atoms with E-state index >= 15 is 0 Å². The van der Waals surface area contributed by atoms with Gasteiger partial charge in [-0.15, -0.1) is 0 Å². The van der Waals surface area contributed by atoms with E-state index in [0.717, 1.165) is 0 Å². The molecule has 0 aliphatic rings. The Balaban J connectivity index is 2.39. The van der Waals surface area contributed by atoms with Crippen LogP contribution in [0.3, 0.4) is 0 Å². The molecule has 0 aliphatic carbocycles. The Kier molecular flexibility index (Phi) is 7.12. The van der Waals surface area contributed by atoms with Gasteiger partial charge in [-0.05, 0) is 37.0 Å². The summed E-state index contributed by atoms with van der Waals surface area (Å²) in [6, 6.07) is 5.11. The number of rotatable bonds is 7. The van der Waals surface area contributed by atoms with Gasteiger partial charge in [0.2, 0.25) is 5.91 Å². The molecule has 0 spiro atoms. The molecule has 1 aromatic heterocycles. The van der Waals surface area contributed by atoms with Gasteiger partial charge in [0.1, 0.15) is 0 Å². The molecule has 26 heavy (non-hydrogen) atoms. The number of nitrogens with one attached hydrogen (secondary N) is 1. The topological polar surface area (TPSA) is 64.0 Å². The Morgan fingerprint density at radius 2 is 1.92 bits per heavy atom. The van der Waals surface area contributed by atoms with Crippen LogP contribution in [0.15, 0.2) is 28.2 Å². The average molecular weight is 396 g/mol. The fraction of sp³-hybridized carbons (Fsp3) is 0.526. The summed E-state index contributed by atoms with van der Waals surface area (Å²) in [7, 11) is 0. The van der Waals surface area contributed by atoms with Crippen LogP contribution in [0.5, 0.6) is 0 Å². The average Bonchev–Trinajstić information content (AvgIpc) is 2.56. The summed E-state index contributed by atoms with van der Waals surface area (Å²) in [5.41, 5.74) is 0.472. The van der Waals surface area contributed by atoms with Gasteiger partial charge in [0.25, 0.3) is 5.56 Å². The molecule has 142 valence electrons. The summed E-state index contributed by atoms with van der Waals surface area (Å²) >= 11 is 7.35. The summed E-state index contributed by atoms with van der Waals surface area (Å²) in [6.45, 7) is 11.2. The molecule has 0 fully saturated rings. The van der Waals surface area contributed by atoms with E-state index in [1.807, 2.05) is 20.8 Å². The van der Waals surface area contributed by atoms with E-state index in [0.29, 0.717) is 40.1 Å². The molecule has 2 rings (SSSR count). The molecule has 1 aromatic carbocycles. The van der Waals surface area contributed by atoms with Gasteiger partial charge in [-0.25, -0.2) is 4.98 Å². The minimum atomic E-state index is -0.344. The van der Waals surface area contributed by atoms with Crippen LogP contribution in [0.25, 0.3) is 10.9 Å². The fourth-order valence-electron chi connectivity index (χ4n) is 2.45. The third-order valence-corrected chi connectivity index (χ3v) is 5.09. The van der Waals surface area contributed by atoms with Crippen LogP contribution in [-0.4, -0.2) is 27.3 Å². The normalized spacial score (nSPS) is 12.8. The first-order valence-electron chi connectivity index (χ1n) is 8.83. The molecular formula is C19H26ClN3O2S. The second-order valence-electron chi connectivity index (χ2n) is 7.26. The van der Waals surface area contributed by atoms with Crippen LogP contribution >= 0.6 is 23.4 Å². The number of hydrogen-bond donors (Lipinski definition) is 1. The lowest BCUT2D eigenvalue weighted by molar-refractivity contribution is -0.120. The minimum Gasteiger partial charge on any atom is -0.355 e. The lowest BCUT2D eigenvalue weighted by Gasteiger charge is -2.18. The summed E-state index contributed by atoms with van der Waals surface area (Å²) in [5.74, 6) is 0.611. The zero-order valence-corrected chi connectivity index (χ0v) is 17.4. The summed E-state index contributed by atoms with van der Waals surface area (Å²) in [6.07, 6.45) is 0. The predicted octanol–water partition coefficient (Wildman–Crippen LogP) is 3.96. The van der Waals surface area contributed by atoms with Crippen LogP contribution in [0.1, 0.15) is 34.6 Å². The SMILES string of the molecule is CC(C)CNC(=O)C(C)Sc1nc2ccc(Cl)cc2c(=O)n1CC(C)C. The number of fused-ring (bicyclic) bond motifs is 1. The molecular weight excluding hydrogens is 370 g/mol. The zero-order chi connectivity index (χ0) is 19.4. The highest BCUT2D eigenvalue weighted by atomic mass is 35.5. The van der Waals surface area contributed by atoms with E-state index < -0.39 is 0 Å². The summed E-state index contributed by atoms with van der Waals surface area (Å²) in [4.78, 5) is 29.9. The maximum atomic E-state index is 13.0. The fourth-order valence-corrected chi connectivity index (χ4v) is 3.56. The molecule has 7 heteroatoms. The first-order valence-corrected chi connectivity index (χ1v) is 10.1. The summed E-state index contributed by atoms with van der Waals surface area (Å²) < 4.78 is 1.65. The van der Waals surface area contributed by atoms with E-state index in [-0.39, 0.29) is 22.6 Å². The molecule has 0 radical (unpaired) electrons. The molecule has 2 aromatic rings. The number of thioether (sulfide) groups is 1. The van der Waals surface area contributed by atoms with Crippen LogP contribution in [0.2, 0.25) is 5.02 Å². The number of hydrogen-bond acceptors (Lipinski definition) is 4. The van der Waals surface area contributed by atoms with E-state index in [1.165, 1.54) is 11.8 Å². The highest BCUT2D eigenvalue weighted by Gasteiger charge is 2.20. The first-order chi connectivity index (χ1) is 12.2. The Morgan fingerprint density at radius 1 is 1.23 bits per heavy atom. The molecule has 1 atom stereocenters. The molecule has 0 aliphatic heterocycles. The van der Waals surface area contributed by atoms with Crippen molar-refractivity contribution in [3.8, 4) is 0 Å². The van der Waals surface area contributed by atoms with Crippen LogP contribution in [-0.2, 0) is 11.3 Å². The van der Waals surface area contributed by atoms with Gasteiger partial charge in [-0.3, -0.25) is 14.2 Å². The van der Waals surface area contributed by atoms with Crippen molar-refractivity contribution in [2.24, 2.45) is 11.8 Å². The van der Waals surface area contributed by atoms with Crippen molar-refractivity contribution in [3.05, 3.63) is 33.6 Å². The van der Waals surface area contributed by atoms with Gasteiger partial charge < -0.3 is 5.32 Å². The largest absolute Gasteiger partial charge is 0.355 e. The number of nitrogens with zero attached hydrogens (tertiary/aromatic N) is 2. The molecule has 1 amide bonds. The number of carbonyl (C=O) groups is 1. The van der Waals surface area contributed by atoms with Crippen molar-refractivity contribution in [2.75, 3.05) is 6.54 Å². The Morgan fingerprint density at radius 3 is 2.54 bits per heavy atom. The second kappa shape index (κ2) is 8.91. The molecule has 0 saturated carbocycles. The van der Waals surface area contributed by atoms with E-state index in [9.17, 15) is 9.59 Å². The molecule has 0 bridgehead atoms. The standard InChI is InChI=1S/C19H26ClN3O2S/c1-11(2)9-21-17(24)13(5)26-19-22-16-7-6-14(20)8-15(16)18(25)23(19)10-12(3)4/h6-8,11-13H,9-10H2,1-5H3,(H,21,24). The number of halogens is 1. The lowest BCUT2D eigenvalue weighted by Crippen LogP contribution is -2.34. The number of benzene rings is 1. The van der Waals surface area contributed by atoms with Crippen LogP contribution < -0.4 is 10.9 Å². The molecule has 5 nitrogen and oxygen atoms in total. The highest BCUT2D eigenvalue weighted by molar-refractivity contribution is 8.00. The lowest BCUT2D eigenvalue weighted by atomic mass is 10.2. The Bertz CT molecular complexity index is 849. The van der Waals surface area contributed by atoms with Gasteiger partial charge in [0.15, 0.2) is 5.16 Å². The van der Waals surface area contributed by atoms with Crippen molar-refractivity contribution < 1.29 is 4.79 Å². The van der Waals surface area contributed by atoms with Gasteiger partial charge in [-0.2, -0.15) is 0 Å². The number of amides is 1. The van der Waals surface area contributed by atoms with E-state index in [4.69, 9.17) is 11.6 Å². The molecule has 1 N–H and O–H groups in total. The third-order valence-electron chi connectivity index (χ3n) is 3.76. The molecule has 1 heterocycles. The van der Waals surface area contributed by atoms with Gasteiger partial charge in [0, 0.05) is 18.1 Å². The summed E-state index contributed by atoms with van der Waals surface area (Å²) in [5, 5.41) is 4.15. The zero-order valence-electron chi connectivity index (χ0n) is 15.9. The van der Waals surface area contributed by atoms with Crippen molar-refractivity contribution in [1.29, 1.82) is 0 Å². The Hall–Kier alpha value is -1.53. The third kappa shape index (κ3) is 5.24.